The topological polar surface area (TPSA) is 49.6 Å². The number of halogens is 1. The number of pyridine rings is 1. The maximum atomic E-state index is 6.14. The van der Waals surface area contributed by atoms with Crippen molar-refractivity contribution >= 4 is 17.2 Å². The summed E-state index contributed by atoms with van der Waals surface area (Å²) in [4.78, 5) is 18.3. The fourth-order valence-corrected chi connectivity index (χ4v) is 4.30. The van der Waals surface area contributed by atoms with Gasteiger partial charge in [0.15, 0.2) is 0 Å². The summed E-state index contributed by atoms with van der Waals surface area (Å²) in [5.74, 6) is 0. The van der Waals surface area contributed by atoms with Gasteiger partial charge in [-0.25, -0.2) is 15.0 Å². The summed E-state index contributed by atoms with van der Waals surface area (Å²) >= 11 is 6.14. The summed E-state index contributed by atoms with van der Waals surface area (Å²) in [5, 5.41) is 0.732. The average molecular weight is 433 g/mol. The molecule has 6 nitrogen and oxygen atoms in total. The highest BCUT2D eigenvalue weighted by molar-refractivity contribution is 6.30. The molecule has 1 aliphatic heterocycles. The zero-order chi connectivity index (χ0) is 21.2. The normalized spacial score (nSPS) is 15.9. The summed E-state index contributed by atoms with van der Waals surface area (Å²) in [6, 6.07) is 12.1. The lowest BCUT2D eigenvalue weighted by molar-refractivity contribution is 0.266. The first kappa shape index (κ1) is 20.1. The van der Waals surface area contributed by atoms with Gasteiger partial charge in [-0.3, -0.25) is 4.90 Å². The maximum Gasteiger partial charge on any atom is 0.137 e. The van der Waals surface area contributed by atoms with Crippen LogP contribution in [0.15, 0.2) is 61.3 Å². The van der Waals surface area contributed by atoms with Gasteiger partial charge < -0.3 is 9.30 Å². The first-order valence-electron chi connectivity index (χ1n) is 10.6. The van der Waals surface area contributed by atoms with Crippen molar-refractivity contribution in [3.8, 4) is 22.4 Å². The van der Waals surface area contributed by atoms with Crippen LogP contribution in [-0.2, 0) is 6.54 Å². The van der Waals surface area contributed by atoms with Crippen molar-refractivity contribution in [2.75, 3.05) is 33.2 Å². The van der Waals surface area contributed by atoms with Crippen LogP contribution in [0.5, 0.6) is 0 Å². The molecule has 0 atom stereocenters. The molecular formula is C24H25ClN6. The van der Waals surface area contributed by atoms with E-state index in [0.29, 0.717) is 0 Å². The number of benzene rings is 1. The second kappa shape index (κ2) is 8.75. The van der Waals surface area contributed by atoms with Gasteiger partial charge in [0.05, 0.1) is 11.4 Å². The standard InChI is InChI=1S/C24H25ClN6/c1-29-9-2-10-30(12-11-29)16-22-24(18-3-6-21(25)7-4-18)28-23-8-5-19(15-31(22)23)20-13-26-17-27-14-20/h3-8,13-15,17H,2,9-12,16H2,1H3. The van der Waals surface area contributed by atoms with Gasteiger partial charge in [0.2, 0.25) is 0 Å². The molecule has 5 rings (SSSR count). The van der Waals surface area contributed by atoms with Crippen molar-refractivity contribution in [3.63, 3.8) is 0 Å². The third kappa shape index (κ3) is 4.32. The molecule has 31 heavy (non-hydrogen) atoms. The highest BCUT2D eigenvalue weighted by atomic mass is 35.5. The summed E-state index contributed by atoms with van der Waals surface area (Å²) < 4.78 is 2.22. The molecule has 0 bridgehead atoms. The quantitative estimate of drug-likeness (QED) is 0.482. The van der Waals surface area contributed by atoms with Crippen molar-refractivity contribution in [3.05, 3.63) is 72.0 Å². The van der Waals surface area contributed by atoms with Crippen molar-refractivity contribution in [2.45, 2.75) is 13.0 Å². The fourth-order valence-electron chi connectivity index (χ4n) is 4.17. The van der Waals surface area contributed by atoms with E-state index >= 15 is 0 Å². The molecule has 158 valence electrons. The van der Waals surface area contributed by atoms with Gasteiger partial charge in [0.1, 0.15) is 12.0 Å². The first-order valence-corrected chi connectivity index (χ1v) is 11.0. The highest BCUT2D eigenvalue weighted by Gasteiger charge is 2.19. The van der Waals surface area contributed by atoms with Gasteiger partial charge in [0, 0.05) is 59.9 Å². The second-order valence-corrected chi connectivity index (χ2v) is 8.56. The highest BCUT2D eigenvalue weighted by Crippen LogP contribution is 2.29. The molecule has 7 heteroatoms. The number of imidazole rings is 1. The molecule has 1 aliphatic rings. The van der Waals surface area contributed by atoms with Crippen molar-refractivity contribution in [1.82, 2.24) is 29.2 Å². The Morgan fingerprint density at radius 3 is 2.45 bits per heavy atom. The number of aromatic nitrogens is 4. The summed E-state index contributed by atoms with van der Waals surface area (Å²) in [7, 11) is 2.20. The van der Waals surface area contributed by atoms with Gasteiger partial charge >= 0.3 is 0 Å². The molecule has 1 aromatic carbocycles. The predicted octanol–water partition coefficient (Wildman–Crippen LogP) is 4.25. The van der Waals surface area contributed by atoms with E-state index in [1.54, 1.807) is 6.33 Å². The first-order chi connectivity index (χ1) is 15.2. The Morgan fingerprint density at radius 2 is 1.65 bits per heavy atom. The maximum absolute atomic E-state index is 6.14. The lowest BCUT2D eigenvalue weighted by atomic mass is 10.1. The molecule has 3 aromatic heterocycles. The number of fused-ring (bicyclic) bond motifs is 1. The van der Waals surface area contributed by atoms with E-state index in [1.807, 2.05) is 24.5 Å². The summed E-state index contributed by atoms with van der Waals surface area (Å²) in [5.41, 5.74) is 6.29. The van der Waals surface area contributed by atoms with E-state index in [4.69, 9.17) is 16.6 Å². The number of likely N-dealkylation sites (N-methyl/N-ethyl adjacent to an activating group) is 1. The van der Waals surface area contributed by atoms with Crippen molar-refractivity contribution < 1.29 is 0 Å². The Hall–Kier alpha value is -2.80. The fraction of sp³-hybridized carbons (Fsp3) is 0.292. The van der Waals surface area contributed by atoms with E-state index in [0.717, 1.165) is 65.8 Å². The monoisotopic (exact) mass is 432 g/mol. The Balaban J connectivity index is 1.60. The average Bonchev–Trinajstić information content (AvgIpc) is 3.02. The van der Waals surface area contributed by atoms with Crippen LogP contribution in [-0.4, -0.2) is 62.4 Å². The molecule has 0 saturated carbocycles. The Labute approximate surface area is 187 Å². The minimum Gasteiger partial charge on any atom is -0.305 e. The Morgan fingerprint density at radius 1 is 0.871 bits per heavy atom. The van der Waals surface area contributed by atoms with Crippen LogP contribution in [0.1, 0.15) is 12.1 Å². The molecular weight excluding hydrogens is 408 g/mol. The smallest absolute Gasteiger partial charge is 0.137 e. The minimum atomic E-state index is 0.732. The largest absolute Gasteiger partial charge is 0.305 e. The second-order valence-electron chi connectivity index (χ2n) is 8.12. The zero-order valence-electron chi connectivity index (χ0n) is 17.6. The molecule has 0 spiro atoms. The van der Waals surface area contributed by atoms with Gasteiger partial charge in [-0.05, 0) is 50.8 Å². The molecule has 0 aliphatic carbocycles. The third-order valence-electron chi connectivity index (χ3n) is 5.91. The van der Waals surface area contributed by atoms with E-state index in [1.165, 1.54) is 12.1 Å². The zero-order valence-corrected chi connectivity index (χ0v) is 18.3. The third-order valence-corrected chi connectivity index (χ3v) is 6.17. The van der Waals surface area contributed by atoms with Gasteiger partial charge in [-0.15, -0.1) is 0 Å². The molecule has 0 N–H and O–H groups in total. The van der Waals surface area contributed by atoms with Crippen LogP contribution in [0.3, 0.4) is 0 Å². The summed E-state index contributed by atoms with van der Waals surface area (Å²) in [6.45, 7) is 5.22. The van der Waals surface area contributed by atoms with Gasteiger partial charge in [0.25, 0.3) is 0 Å². The van der Waals surface area contributed by atoms with E-state index in [9.17, 15) is 0 Å². The Kier molecular flexibility index (Phi) is 5.68. The Bertz CT molecular complexity index is 1170. The number of rotatable bonds is 4. The van der Waals surface area contributed by atoms with Crippen molar-refractivity contribution in [1.29, 1.82) is 0 Å². The van der Waals surface area contributed by atoms with Crippen LogP contribution in [0.2, 0.25) is 5.02 Å². The number of hydrogen-bond acceptors (Lipinski definition) is 5. The molecule has 0 radical (unpaired) electrons. The van der Waals surface area contributed by atoms with E-state index in [-0.39, 0.29) is 0 Å². The minimum absolute atomic E-state index is 0.732. The molecule has 1 saturated heterocycles. The van der Waals surface area contributed by atoms with Crippen LogP contribution in [0.4, 0.5) is 0 Å². The molecule has 4 aromatic rings. The van der Waals surface area contributed by atoms with E-state index < -0.39 is 0 Å². The van der Waals surface area contributed by atoms with Crippen LogP contribution >= 0.6 is 11.6 Å². The number of hydrogen-bond donors (Lipinski definition) is 0. The van der Waals surface area contributed by atoms with E-state index in [2.05, 4.69) is 61.7 Å². The van der Waals surface area contributed by atoms with Crippen LogP contribution in [0, 0.1) is 0 Å². The molecule has 4 heterocycles. The molecule has 0 unspecified atom stereocenters. The lowest BCUT2D eigenvalue weighted by Crippen LogP contribution is -2.29. The van der Waals surface area contributed by atoms with Crippen molar-refractivity contribution in [2.24, 2.45) is 0 Å². The molecule has 0 amide bonds. The van der Waals surface area contributed by atoms with Gasteiger partial charge in [-0.1, -0.05) is 23.7 Å². The molecule has 1 fully saturated rings. The lowest BCUT2D eigenvalue weighted by Gasteiger charge is -2.20. The summed E-state index contributed by atoms with van der Waals surface area (Å²) in [6.07, 6.45) is 8.57. The van der Waals surface area contributed by atoms with Crippen LogP contribution < -0.4 is 0 Å². The van der Waals surface area contributed by atoms with Gasteiger partial charge in [-0.2, -0.15) is 0 Å². The van der Waals surface area contributed by atoms with Crippen LogP contribution in [0.25, 0.3) is 28.0 Å². The SMILES string of the molecule is CN1CCCN(Cc2c(-c3ccc(Cl)cc3)nc3ccc(-c4cncnc4)cn23)CC1. The number of nitrogens with zero attached hydrogens (tertiary/aromatic N) is 6. The predicted molar refractivity (Wildman–Crippen MR) is 124 cm³/mol.